The predicted molar refractivity (Wildman–Crippen MR) is 112 cm³/mol. The zero-order valence-corrected chi connectivity index (χ0v) is 18.6. The van der Waals surface area contributed by atoms with Crippen molar-refractivity contribution in [1.29, 1.82) is 0 Å². The highest BCUT2D eigenvalue weighted by Crippen LogP contribution is 2.35. The van der Waals surface area contributed by atoms with Crippen LogP contribution in [0.5, 0.6) is 5.75 Å². The van der Waals surface area contributed by atoms with Gasteiger partial charge in [0, 0.05) is 0 Å². The molecule has 7 nitrogen and oxygen atoms in total. The van der Waals surface area contributed by atoms with Crippen LogP contribution in [0.1, 0.15) is 45.6 Å². The van der Waals surface area contributed by atoms with E-state index in [0.717, 1.165) is 24.1 Å². The first-order chi connectivity index (χ1) is 13.9. The predicted octanol–water partition coefficient (Wildman–Crippen LogP) is 4.08. The third-order valence-corrected chi connectivity index (χ3v) is 6.46. The van der Waals surface area contributed by atoms with Crippen molar-refractivity contribution in [2.45, 2.75) is 58.2 Å². The molecular formula is C21H30N4O3S. The molecule has 0 radical (unpaired) electrons. The van der Waals surface area contributed by atoms with Gasteiger partial charge in [-0.1, -0.05) is 45.0 Å². The van der Waals surface area contributed by atoms with Crippen LogP contribution in [0, 0.1) is 24.7 Å². The number of esters is 1. The first-order valence-corrected chi connectivity index (χ1v) is 11.1. The number of carbonyl (C=O) groups excluding carboxylic acids is 1. The van der Waals surface area contributed by atoms with Crippen LogP contribution in [0.15, 0.2) is 23.4 Å². The molecule has 0 amide bonds. The van der Waals surface area contributed by atoms with Crippen molar-refractivity contribution in [3.63, 3.8) is 0 Å². The van der Waals surface area contributed by atoms with E-state index in [1.165, 1.54) is 18.2 Å². The van der Waals surface area contributed by atoms with Crippen LogP contribution in [-0.4, -0.2) is 45.1 Å². The molecular weight excluding hydrogens is 388 g/mol. The summed E-state index contributed by atoms with van der Waals surface area (Å²) in [6, 6.07) is 5.80. The van der Waals surface area contributed by atoms with E-state index in [9.17, 15) is 4.79 Å². The maximum Gasteiger partial charge on any atom is 0.316 e. The van der Waals surface area contributed by atoms with E-state index < -0.39 is 0 Å². The third kappa shape index (κ3) is 5.29. The Kier molecular flexibility index (Phi) is 7.16. The maximum absolute atomic E-state index is 12.6. The van der Waals surface area contributed by atoms with Crippen molar-refractivity contribution in [3.05, 3.63) is 23.8 Å². The normalized spacial score (nSPS) is 21.9. The van der Waals surface area contributed by atoms with Gasteiger partial charge in [-0.25, -0.2) is 0 Å². The van der Waals surface area contributed by atoms with Gasteiger partial charge in [0.2, 0.25) is 5.16 Å². The summed E-state index contributed by atoms with van der Waals surface area (Å²) in [7, 11) is 1.61. The van der Waals surface area contributed by atoms with E-state index in [4.69, 9.17) is 9.47 Å². The van der Waals surface area contributed by atoms with Gasteiger partial charge in [-0.05, 0) is 65.6 Å². The summed E-state index contributed by atoms with van der Waals surface area (Å²) in [5.41, 5.74) is 1.81. The summed E-state index contributed by atoms with van der Waals surface area (Å²) < 4.78 is 12.9. The molecule has 0 saturated heterocycles. The molecule has 2 aromatic rings. The van der Waals surface area contributed by atoms with Crippen LogP contribution < -0.4 is 4.74 Å². The molecule has 1 saturated carbocycles. The Morgan fingerprint density at radius 3 is 2.86 bits per heavy atom. The van der Waals surface area contributed by atoms with E-state index in [1.54, 1.807) is 11.8 Å². The highest BCUT2D eigenvalue weighted by Gasteiger charge is 2.33. The second kappa shape index (κ2) is 9.61. The Hall–Kier alpha value is -2.09. The van der Waals surface area contributed by atoms with E-state index in [-0.39, 0.29) is 17.8 Å². The average Bonchev–Trinajstić information content (AvgIpc) is 3.14. The molecule has 0 unspecified atom stereocenters. The van der Waals surface area contributed by atoms with Crippen LogP contribution >= 0.6 is 11.8 Å². The topological polar surface area (TPSA) is 79.1 Å². The van der Waals surface area contributed by atoms with E-state index >= 15 is 0 Å². The van der Waals surface area contributed by atoms with Crippen LogP contribution in [0.25, 0.3) is 5.69 Å². The number of benzene rings is 1. The first-order valence-electron chi connectivity index (χ1n) is 10.1. The molecule has 1 aromatic carbocycles. The van der Waals surface area contributed by atoms with Gasteiger partial charge in [0.1, 0.15) is 17.5 Å². The van der Waals surface area contributed by atoms with Crippen molar-refractivity contribution in [2.24, 2.45) is 17.8 Å². The molecule has 1 fully saturated rings. The minimum atomic E-state index is -0.217. The number of ether oxygens (including phenoxy) is 2. The molecule has 1 heterocycles. The first kappa shape index (κ1) is 21.6. The summed E-state index contributed by atoms with van der Waals surface area (Å²) in [5.74, 6) is 2.16. The monoisotopic (exact) mass is 418 g/mol. The molecule has 0 bridgehead atoms. The molecule has 1 aliphatic rings. The molecule has 0 spiro atoms. The molecule has 3 rings (SSSR count). The Bertz CT molecular complexity index is 839. The summed E-state index contributed by atoms with van der Waals surface area (Å²) >= 11 is 1.28. The second-order valence-electron chi connectivity index (χ2n) is 8.19. The van der Waals surface area contributed by atoms with Gasteiger partial charge in [0.15, 0.2) is 0 Å². The number of tetrazole rings is 1. The fourth-order valence-electron chi connectivity index (χ4n) is 3.96. The Labute approximate surface area is 176 Å². The summed E-state index contributed by atoms with van der Waals surface area (Å²) in [5, 5.41) is 12.5. The lowest BCUT2D eigenvalue weighted by atomic mass is 9.75. The van der Waals surface area contributed by atoms with Gasteiger partial charge in [0.25, 0.3) is 0 Å². The second-order valence-corrected chi connectivity index (χ2v) is 9.13. The Balaban J connectivity index is 1.66. The van der Waals surface area contributed by atoms with E-state index in [2.05, 4.69) is 36.3 Å². The molecule has 8 heteroatoms. The summed E-state index contributed by atoms with van der Waals surface area (Å²) in [4.78, 5) is 12.6. The van der Waals surface area contributed by atoms with Crippen LogP contribution in [0.4, 0.5) is 0 Å². The van der Waals surface area contributed by atoms with Crippen LogP contribution in [0.2, 0.25) is 0 Å². The largest absolute Gasteiger partial charge is 0.494 e. The summed E-state index contributed by atoms with van der Waals surface area (Å²) in [6.45, 7) is 8.64. The van der Waals surface area contributed by atoms with Crippen molar-refractivity contribution in [1.82, 2.24) is 20.2 Å². The Morgan fingerprint density at radius 2 is 2.14 bits per heavy atom. The highest BCUT2D eigenvalue weighted by molar-refractivity contribution is 7.99. The lowest BCUT2D eigenvalue weighted by Gasteiger charge is -2.36. The maximum atomic E-state index is 12.6. The van der Waals surface area contributed by atoms with Gasteiger partial charge < -0.3 is 9.47 Å². The van der Waals surface area contributed by atoms with Crippen molar-refractivity contribution < 1.29 is 14.3 Å². The fourth-order valence-corrected chi connectivity index (χ4v) is 4.63. The van der Waals surface area contributed by atoms with Crippen molar-refractivity contribution >= 4 is 17.7 Å². The molecule has 0 aliphatic heterocycles. The highest BCUT2D eigenvalue weighted by atomic mass is 32.2. The smallest absolute Gasteiger partial charge is 0.316 e. The number of aryl methyl sites for hydroxylation is 1. The van der Waals surface area contributed by atoms with Gasteiger partial charge in [-0.3, -0.25) is 4.79 Å². The number of methoxy groups -OCH3 is 1. The lowest BCUT2D eigenvalue weighted by Crippen LogP contribution is -2.36. The number of carbonyl (C=O) groups is 1. The minimum absolute atomic E-state index is 0.000267. The number of rotatable bonds is 7. The van der Waals surface area contributed by atoms with Gasteiger partial charge >= 0.3 is 5.97 Å². The number of hydrogen-bond acceptors (Lipinski definition) is 7. The molecule has 0 N–H and O–H groups in total. The van der Waals surface area contributed by atoms with Crippen LogP contribution in [-0.2, 0) is 9.53 Å². The zero-order chi connectivity index (χ0) is 21.0. The molecule has 29 heavy (non-hydrogen) atoms. The van der Waals surface area contributed by atoms with Gasteiger partial charge in [-0.15, -0.1) is 5.10 Å². The zero-order valence-electron chi connectivity index (χ0n) is 17.8. The molecule has 158 valence electrons. The number of thioether (sulfide) groups is 1. The average molecular weight is 419 g/mol. The summed E-state index contributed by atoms with van der Waals surface area (Å²) in [6.07, 6.45) is 3.27. The quantitative estimate of drug-likeness (QED) is 0.495. The van der Waals surface area contributed by atoms with Gasteiger partial charge in [0.05, 0.1) is 12.9 Å². The SMILES string of the molecule is COc1ccc(C)cc1-n1nnnc1SCC(=O)O[C@@H]1C[C@H](C)CC[C@@H]1C(C)C. The lowest BCUT2D eigenvalue weighted by molar-refractivity contribution is -0.152. The van der Waals surface area contributed by atoms with Crippen molar-refractivity contribution in [2.75, 3.05) is 12.9 Å². The number of hydrogen-bond donors (Lipinski definition) is 0. The van der Waals surface area contributed by atoms with Gasteiger partial charge in [-0.2, -0.15) is 4.68 Å². The fraction of sp³-hybridized carbons (Fsp3) is 0.619. The minimum Gasteiger partial charge on any atom is -0.494 e. The van der Waals surface area contributed by atoms with Crippen molar-refractivity contribution in [3.8, 4) is 11.4 Å². The van der Waals surface area contributed by atoms with E-state index in [0.29, 0.717) is 28.7 Å². The standard InChI is InChI=1S/C21H30N4O3S/c1-13(2)16-8-6-15(4)11-19(16)28-20(26)12-29-21-22-23-24-25(21)17-10-14(3)7-9-18(17)27-5/h7,9-10,13,15-16,19H,6,8,11-12H2,1-5H3/t15-,16-,19-/m1/s1. The molecule has 1 aromatic heterocycles. The molecule has 1 aliphatic carbocycles. The third-order valence-electron chi connectivity index (χ3n) is 5.57. The number of nitrogens with zero attached hydrogens (tertiary/aromatic N) is 4. The molecule has 3 atom stereocenters. The Morgan fingerprint density at radius 1 is 1.34 bits per heavy atom. The van der Waals surface area contributed by atoms with Crippen LogP contribution in [0.3, 0.4) is 0 Å². The van der Waals surface area contributed by atoms with E-state index in [1.807, 2.05) is 25.1 Å². The number of aromatic nitrogens is 4.